The molecule has 1 unspecified atom stereocenters. The minimum absolute atomic E-state index is 0.0979. The van der Waals surface area contributed by atoms with E-state index >= 15 is 0 Å². The van der Waals surface area contributed by atoms with Crippen molar-refractivity contribution >= 4 is 5.91 Å². The summed E-state index contributed by atoms with van der Waals surface area (Å²) in [5.41, 5.74) is 0.419. The van der Waals surface area contributed by atoms with Crippen LogP contribution in [0.3, 0.4) is 0 Å². The first kappa shape index (κ1) is 15.6. The molecule has 1 atom stereocenters. The smallest absolute Gasteiger partial charge is 0.252 e. The molecule has 0 aliphatic rings. The number of hydrogen-bond donors (Lipinski definition) is 0. The molecule has 0 spiro atoms. The lowest BCUT2D eigenvalue weighted by Crippen LogP contribution is -2.49. The van der Waals surface area contributed by atoms with Gasteiger partial charge in [-0.1, -0.05) is 12.1 Å². The van der Waals surface area contributed by atoms with E-state index in [0.29, 0.717) is 6.54 Å². The number of carbonyl (C=O) groups is 1. The van der Waals surface area contributed by atoms with Crippen molar-refractivity contribution in [2.24, 2.45) is 0 Å². The highest BCUT2D eigenvalue weighted by atomic mass is 19.1. The zero-order valence-electron chi connectivity index (χ0n) is 12.2. The van der Waals surface area contributed by atoms with Crippen molar-refractivity contribution in [2.45, 2.75) is 45.9 Å². The summed E-state index contributed by atoms with van der Waals surface area (Å²) >= 11 is 0. The van der Waals surface area contributed by atoms with Crippen LogP contribution in [0.25, 0.3) is 0 Å². The van der Waals surface area contributed by atoms with Gasteiger partial charge >= 0.3 is 0 Å². The van der Waals surface area contributed by atoms with Gasteiger partial charge in [-0.25, -0.2) is 4.39 Å². The average Bonchev–Trinajstić information content (AvgIpc) is 2.33. The van der Waals surface area contributed by atoms with Gasteiger partial charge in [-0.2, -0.15) is 0 Å². The number of carbonyl (C=O) groups excluding carboxylic acids is 1. The summed E-state index contributed by atoms with van der Waals surface area (Å²) in [6, 6.07) is 6.30. The van der Waals surface area contributed by atoms with Crippen LogP contribution in [0.1, 0.15) is 33.3 Å². The molecule has 0 fully saturated rings. The molecular formula is C15H22FNO2. The maximum atomic E-state index is 13.2. The molecule has 1 amide bonds. The van der Waals surface area contributed by atoms with Gasteiger partial charge in [0.2, 0.25) is 0 Å². The standard InChI is InChI=1S/C15H22FNO2/c1-11(19-5)14(18)17(15(2,3)4)10-12-7-6-8-13(16)9-12/h6-9,11H,10H2,1-5H3. The van der Waals surface area contributed by atoms with Gasteiger partial charge in [0.05, 0.1) is 0 Å². The second-order valence-electron chi connectivity index (χ2n) is 5.60. The van der Waals surface area contributed by atoms with E-state index in [9.17, 15) is 9.18 Å². The van der Waals surface area contributed by atoms with Gasteiger partial charge in [0.1, 0.15) is 11.9 Å². The Bertz CT molecular complexity index is 440. The van der Waals surface area contributed by atoms with Crippen LogP contribution < -0.4 is 0 Å². The molecule has 0 aromatic heterocycles. The number of benzene rings is 1. The van der Waals surface area contributed by atoms with Crippen molar-refractivity contribution < 1.29 is 13.9 Å². The van der Waals surface area contributed by atoms with E-state index in [4.69, 9.17) is 4.74 Å². The van der Waals surface area contributed by atoms with Gasteiger partial charge in [0.25, 0.3) is 5.91 Å². The summed E-state index contributed by atoms with van der Waals surface area (Å²) in [4.78, 5) is 14.0. The molecule has 1 rings (SSSR count). The van der Waals surface area contributed by atoms with Crippen LogP contribution in [-0.2, 0) is 16.1 Å². The van der Waals surface area contributed by atoms with Gasteiger partial charge in [-0.05, 0) is 45.4 Å². The number of rotatable bonds is 4. The average molecular weight is 267 g/mol. The highest BCUT2D eigenvalue weighted by Crippen LogP contribution is 2.19. The van der Waals surface area contributed by atoms with Crippen molar-refractivity contribution in [2.75, 3.05) is 7.11 Å². The first-order valence-corrected chi connectivity index (χ1v) is 6.34. The molecule has 0 N–H and O–H groups in total. The molecule has 0 aliphatic heterocycles. The monoisotopic (exact) mass is 267 g/mol. The van der Waals surface area contributed by atoms with Gasteiger partial charge in [-0.15, -0.1) is 0 Å². The zero-order chi connectivity index (χ0) is 14.6. The predicted octanol–water partition coefficient (Wildman–Crippen LogP) is 2.99. The van der Waals surface area contributed by atoms with Crippen LogP contribution in [0.2, 0.25) is 0 Å². The molecule has 0 saturated carbocycles. The van der Waals surface area contributed by atoms with Crippen LogP contribution in [0.15, 0.2) is 24.3 Å². The SMILES string of the molecule is COC(C)C(=O)N(Cc1cccc(F)c1)C(C)(C)C. The summed E-state index contributed by atoms with van der Waals surface area (Å²) in [5, 5.41) is 0. The molecule has 0 bridgehead atoms. The van der Waals surface area contributed by atoms with E-state index in [0.717, 1.165) is 5.56 Å². The van der Waals surface area contributed by atoms with Crippen molar-refractivity contribution in [3.8, 4) is 0 Å². The fourth-order valence-electron chi connectivity index (χ4n) is 1.78. The second-order valence-corrected chi connectivity index (χ2v) is 5.60. The van der Waals surface area contributed by atoms with Crippen molar-refractivity contribution in [3.05, 3.63) is 35.6 Å². The van der Waals surface area contributed by atoms with Gasteiger partial charge in [0, 0.05) is 19.2 Å². The lowest BCUT2D eigenvalue weighted by Gasteiger charge is -2.37. The molecular weight excluding hydrogens is 245 g/mol. The van der Waals surface area contributed by atoms with Crippen molar-refractivity contribution in [1.82, 2.24) is 4.90 Å². The lowest BCUT2D eigenvalue weighted by molar-refractivity contribution is -0.146. The predicted molar refractivity (Wildman–Crippen MR) is 73.2 cm³/mol. The summed E-state index contributed by atoms with van der Waals surface area (Å²) < 4.78 is 18.3. The quantitative estimate of drug-likeness (QED) is 0.839. The molecule has 0 heterocycles. The first-order valence-electron chi connectivity index (χ1n) is 6.34. The number of amides is 1. The summed E-state index contributed by atoms with van der Waals surface area (Å²) in [6.07, 6.45) is -0.507. The van der Waals surface area contributed by atoms with E-state index < -0.39 is 6.10 Å². The fourth-order valence-corrected chi connectivity index (χ4v) is 1.78. The molecule has 106 valence electrons. The zero-order valence-corrected chi connectivity index (χ0v) is 12.2. The Kier molecular flexibility index (Phi) is 5.06. The third kappa shape index (κ3) is 4.31. The molecule has 4 heteroatoms. The Hall–Kier alpha value is -1.42. The normalized spacial score (nSPS) is 13.2. The summed E-state index contributed by atoms with van der Waals surface area (Å²) in [5.74, 6) is -0.391. The van der Waals surface area contributed by atoms with Gasteiger partial charge in [-0.3, -0.25) is 4.79 Å². The molecule has 1 aromatic rings. The summed E-state index contributed by atoms with van der Waals surface area (Å²) in [7, 11) is 1.51. The molecule has 1 aromatic carbocycles. The van der Waals surface area contributed by atoms with Crippen LogP contribution >= 0.6 is 0 Å². The Morgan fingerprint density at radius 3 is 2.53 bits per heavy atom. The minimum Gasteiger partial charge on any atom is -0.372 e. The number of ether oxygens (including phenoxy) is 1. The largest absolute Gasteiger partial charge is 0.372 e. The maximum Gasteiger partial charge on any atom is 0.252 e. The number of hydrogen-bond acceptors (Lipinski definition) is 2. The van der Waals surface area contributed by atoms with E-state index in [2.05, 4.69) is 0 Å². The maximum absolute atomic E-state index is 13.2. The fraction of sp³-hybridized carbons (Fsp3) is 0.533. The number of nitrogens with zero attached hydrogens (tertiary/aromatic N) is 1. The number of methoxy groups -OCH3 is 1. The second kappa shape index (κ2) is 6.15. The molecule has 3 nitrogen and oxygen atoms in total. The van der Waals surface area contributed by atoms with Gasteiger partial charge in [0.15, 0.2) is 0 Å². The Labute approximate surface area is 114 Å². The third-order valence-electron chi connectivity index (χ3n) is 3.01. The highest BCUT2D eigenvalue weighted by Gasteiger charge is 2.29. The lowest BCUT2D eigenvalue weighted by atomic mass is 10.0. The Morgan fingerprint density at radius 1 is 1.42 bits per heavy atom. The molecule has 19 heavy (non-hydrogen) atoms. The van der Waals surface area contributed by atoms with Crippen LogP contribution in [0, 0.1) is 5.82 Å². The van der Waals surface area contributed by atoms with E-state index in [1.807, 2.05) is 26.8 Å². The van der Waals surface area contributed by atoms with Crippen molar-refractivity contribution in [1.29, 1.82) is 0 Å². The molecule has 0 aliphatic carbocycles. The minimum atomic E-state index is -0.507. The number of halogens is 1. The highest BCUT2D eigenvalue weighted by molar-refractivity contribution is 5.81. The Balaban J connectivity index is 2.96. The molecule has 0 radical (unpaired) electrons. The van der Waals surface area contributed by atoms with Gasteiger partial charge < -0.3 is 9.64 Å². The third-order valence-corrected chi connectivity index (χ3v) is 3.01. The van der Waals surface area contributed by atoms with Crippen LogP contribution in [0.5, 0.6) is 0 Å². The molecule has 0 saturated heterocycles. The van der Waals surface area contributed by atoms with Crippen LogP contribution in [-0.4, -0.2) is 29.6 Å². The van der Waals surface area contributed by atoms with E-state index in [1.54, 1.807) is 17.9 Å². The topological polar surface area (TPSA) is 29.5 Å². The van der Waals surface area contributed by atoms with Crippen molar-refractivity contribution in [3.63, 3.8) is 0 Å². The first-order chi connectivity index (χ1) is 8.75. The van der Waals surface area contributed by atoms with Crippen LogP contribution in [0.4, 0.5) is 4.39 Å². The van der Waals surface area contributed by atoms with E-state index in [1.165, 1.54) is 19.2 Å². The summed E-state index contributed by atoms with van der Waals surface area (Å²) in [6.45, 7) is 7.94. The van der Waals surface area contributed by atoms with E-state index in [-0.39, 0.29) is 17.3 Å². The Morgan fingerprint density at radius 2 is 2.05 bits per heavy atom.